The summed E-state index contributed by atoms with van der Waals surface area (Å²) in [5, 5.41) is 0. The molecule has 1 aromatic rings. The maximum atomic E-state index is 11.4. The van der Waals surface area contributed by atoms with E-state index in [1.807, 2.05) is 7.05 Å². The smallest absolute Gasteiger partial charge is 0.232 e. The van der Waals surface area contributed by atoms with Crippen LogP contribution in [0.1, 0.15) is 37.3 Å². The molecular formula is C15H23NOS. The summed E-state index contributed by atoms with van der Waals surface area (Å²) in [6.45, 7) is 5.20. The van der Waals surface area contributed by atoms with Gasteiger partial charge in [0.2, 0.25) is 5.91 Å². The fraction of sp³-hybridized carbons (Fsp3) is 0.533. The van der Waals surface area contributed by atoms with Gasteiger partial charge in [0, 0.05) is 13.6 Å². The standard InChI is InChI=1S/C15H23NOS/c1-4-12(2)14-7-5-13(6-8-14)9-10-16(3)15(17)11-18/h5-8,12,18H,4,9-11H2,1-3H3. The molecule has 0 aliphatic heterocycles. The molecular weight excluding hydrogens is 242 g/mol. The molecule has 0 aromatic heterocycles. The van der Waals surface area contributed by atoms with Crippen molar-refractivity contribution < 1.29 is 4.79 Å². The van der Waals surface area contributed by atoms with Gasteiger partial charge in [0.25, 0.3) is 0 Å². The number of carbonyl (C=O) groups is 1. The molecule has 0 aliphatic carbocycles. The second kappa shape index (κ2) is 7.47. The van der Waals surface area contributed by atoms with E-state index in [1.54, 1.807) is 4.90 Å². The summed E-state index contributed by atoms with van der Waals surface area (Å²) in [5.41, 5.74) is 2.67. The summed E-state index contributed by atoms with van der Waals surface area (Å²) in [6, 6.07) is 8.73. The van der Waals surface area contributed by atoms with Crippen molar-refractivity contribution >= 4 is 18.5 Å². The zero-order valence-corrected chi connectivity index (χ0v) is 12.4. The van der Waals surface area contributed by atoms with Crippen molar-refractivity contribution in [2.75, 3.05) is 19.3 Å². The zero-order valence-electron chi connectivity index (χ0n) is 11.5. The Morgan fingerprint density at radius 1 is 1.33 bits per heavy atom. The summed E-state index contributed by atoms with van der Waals surface area (Å²) in [4.78, 5) is 13.1. The van der Waals surface area contributed by atoms with E-state index in [1.165, 1.54) is 17.5 Å². The highest BCUT2D eigenvalue weighted by Gasteiger charge is 2.06. The van der Waals surface area contributed by atoms with Crippen LogP contribution in [0, 0.1) is 0 Å². The summed E-state index contributed by atoms with van der Waals surface area (Å²) >= 11 is 3.99. The van der Waals surface area contributed by atoms with E-state index in [9.17, 15) is 4.79 Å². The van der Waals surface area contributed by atoms with Crippen molar-refractivity contribution in [2.45, 2.75) is 32.6 Å². The summed E-state index contributed by atoms with van der Waals surface area (Å²) in [6.07, 6.45) is 2.06. The number of rotatable bonds is 6. The monoisotopic (exact) mass is 265 g/mol. The minimum Gasteiger partial charge on any atom is -0.345 e. The first kappa shape index (κ1) is 15.1. The third kappa shape index (κ3) is 4.37. The van der Waals surface area contributed by atoms with E-state index in [0.717, 1.165) is 13.0 Å². The van der Waals surface area contributed by atoms with E-state index in [2.05, 4.69) is 50.7 Å². The van der Waals surface area contributed by atoms with Gasteiger partial charge in [0.05, 0.1) is 5.75 Å². The molecule has 1 amide bonds. The van der Waals surface area contributed by atoms with Crippen molar-refractivity contribution in [3.8, 4) is 0 Å². The minimum absolute atomic E-state index is 0.0783. The zero-order chi connectivity index (χ0) is 13.5. The minimum atomic E-state index is 0.0783. The second-order valence-corrected chi connectivity index (χ2v) is 5.09. The Hall–Kier alpha value is -0.960. The van der Waals surface area contributed by atoms with Gasteiger partial charge in [0.1, 0.15) is 0 Å². The number of likely N-dealkylation sites (N-methyl/N-ethyl adjacent to an activating group) is 1. The highest BCUT2D eigenvalue weighted by molar-refractivity contribution is 7.81. The van der Waals surface area contributed by atoms with Gasteiger partial charge >= 0.3 is 0 Å². The Labute approximate surface area is 116 Å². The van der Waals surface area contributed by atoms with Crippen LogP contribution >= 0.6 is 12.6 Å². The summed E-state index contributed by atoms with van der Waals surface area (Å²) in [5.74, 6) is 0.978. The number of benzene rings is 1. The predicted octanol–water partition coefficient (Wildman–Crippen LogP) is 3.13. The molecule has 0 bridgehead atoms. The Bertz CT molecular complexity index is 375. The van der Waals surface area contributed by atoms with E-state index in [-0.39, 0.29) is 11.7 Å². The van der Waals surface area contributed by atoms with Crippen molar-refractivity contribution in [1.29, 1.82) is 0 Å². The molecule has 2 nitrogen and oxygen atoms in total. The molecule has 0 spiro atoms. The van der Waals surface area contributed by atoms with Crippen molar-refractivity contribution in [3.05, 3.63) is 35.4 Å². The SMILES string of the molecule is CCC(C)c1ccc(CCN(C)C(=O)CS)cc1. The number of thiol groups is 1. The fourth-order valence-corrected chi connectivity index (χ4v) is 2.03. The van der Waals surface area contributed by atoms with E-state index in [4.69, 9.17) is 0 Å². The third-order valence-corrected chi connectivity index (χ3v) is 3.73. The van der Waals surface area contributed by atoms with Crippen LogP contribution in [0.15, 0.2) is 24.3 Å². The largest absolute Gasteiger partial charge is 0.345 e. The maximum absolute atomic E-state index is 11.4. The third-order valence-electron chi connectivity index (χ3n) is 3.46. The number of nitrogens with zero attached hydrogens (tertiary/aromatic N) is 1. The van der Waals surface area contributed by atoms with Gasteiger partial charge < -0.3 is 4.90 Å². The highest BCUT2D eigenvalue weighted by Crippen LogP contribution is 2.18. The highest BCUT2D eigenvalue weighted by atomic mass is 32.1. The molecule has 0 fully saturated rings. The fourth-order valence-electron chi connectivity index (χ4n) is 1.79. The van der Waals surface area contributed by atoms with Crippen LogP contribution < -0.4 is 0 Å². The summed E-state index contributed by atoms with van der Waals surface area (Å²) in [7, 11) is 1.83. The second-order valence-electron chi connectivity index (χ2n) is 4.77. The van der Waals surface area contributed by atoms with Gasteiger partial charge in [-0.3, -0.25) is 4.79 Å². The van der Waals surface area contributed by atoms with Crippen LogP contribution in [0.3, 0.4) is 0 Å². The number of hydrogen-bond donors (Lipinski definition) is 1. The molecule has 0 saturated carbocycles. The van der Waals surface area contributed by atoms with Gasteiger partial charge in [0.15, 0.2) is 0 Å². The first-order valence-corrected chi connectivity index (χ1v) is 7.15. The molecule has 0 saturated heterocycles. The van der Waals surface area contributed by atoms with Crippen LogP contribution in [-0.4, -0.2) is 30.2 Å². The number of carbonyl (C=O) groups excluding carboxylic acids is 1. The van der Waals surface area contributed by atoms with Crippen LogP contribution in [0.2, 0.25) is 0 Å². The molecule has 3 heteroatoms. The number of amides is 1. The van der Waals surface area contributed by atoms with E-state index in [0.29, 0.717) is 5.92 Å². The van der Waals surface area contributed by atoms with Crippen LogP contribution in [0.25, 0.3) is 0 Å². The lowest BCUT2D eigenvalue weighted by molar-refractivity contribution is -0.127. The number of hydrogen-bond acceptors (Lipinski definition) is 2. The van der Waals surface area contributed by atoms with E-state index < -0.39 is 0 Å². The molecule has 1 rings (SSSR count). The maximum Gasteiger partial charge on any atom is 0.232 e. The van der Waals surface area contributed by atoms with Crippen molar-refractivity contribution in [2.24, 2.45) is 0 Å². The molecule has 1 unspecified atom stereocenters. The molecule has 1 atom stereocenters. The Morgan fingerprint density at radius 2 is 1.94 bits per heavy atom. The molecule has 1 aromatic carbocycles. The summed E-state index contributed by atoms with van der Waals surface area (Å²) < 4.78 is 0. The van der Waals surface area contributed by atoms with E-state index >= 15 is 0 Å². The van der Waals surface area contributed by atoms with Crippen molar-refractivity contribution in [1.82, 2.24) is 4.90 Å². The molecule has 0 N–H and O–H groups in total. The van der Waals surface area contributed by atoms with Gasteiger partial charge in [-0.1, -0.05) is 38.1 Å². The average Bonchev–Trinajstić information content (AvgIpc) is 2.43. The lowest BCUT2D eigenvalue weighted by Gasteiger charge is -2.16. The quantitative estimate of drug-likeness (QED) is 0.784. The lowest BCUT2D eigenvalue weighted by Crippen LogP contribution is -2.29. The Balaban J connectivity index is 2.51. The van der Waals surface area contributed by atoms with Crippen LogP contribution in [-0.2, 0) is 11.2 Å². The van der Waals surface area contributed by atoms with Gasteiger partial charge in [-0.15, -0.1) is 0 Å². The molecule has 100 valence electrons. The predicted molar refractivity (Wildman–Crippen MR) is 80.3 cm³/mol. The van der Waals surface area contributed by atoms with Gasteiger partial charge in [-0.2, -0.15) is 12.6 Å². The first-order chi connectivity index (χ1) is 8.58. The van der Waals surface area contributed by atoms with Gasteiger partial charge in [-0.25, -0.2) is 0 Å². The topological polar surface area (TPSA) is 20.3 Å². The normalized spacial score (nSPS) is 12.2. The van der Waals surface area contributed by atoms with Gasteiger partial charge in [-0.05, 0) is 29.9 Å². The molecule has 0 heterocycles. The lowest BCUT2D eigenvalue weighted by atomic mass is 9.97. The van der Waals surface area contributed by atoms with Crippen LogP contribution in [0.4, 0.5) is 0 Å². The first-order valence-electron chi connectivity index (χ1n) is 6.52. The Morgan fingerprint density at radius 3 is 2.44 bits per heavy atom. The molecule has 0 aliphatic rings. The van der Waals surface area contributed by atoms with Crippen LogP contribution in [0.5, 0.6) is 0 Å². The Kier molecular flexibility index (Phi) is 6.27. The molecule has 0 radical (unpaired) electrons. The van der Waals surface area contributed by atoms with Crippen molar-refractivity contribution in [3.63, 3.8) is 0 Å². The molecule has 18 heavy (non-hydrogen) atoms. The average molecular weight is 265 g/mol.